The molecular weight excluding hydrogens is 523 g/mol. The maximum absolute atomic E-state index is 13.2. The zero-order valence-corrected chi connectivity index (χ0v) is 21.9. The number of carbonyl (C=O) groups excluding carboxylic acids is 1. The number of hydrogen-bond acceptors (Lipinski definition) is 6. The number of halogens is 3. The largest absolute Gasteiger partial charge is 0.507 e. The Labute approximate surface area is 228 Å². The molecule has 2 heterocycles. The van der Waals surface area contributed by atoms with E-state index in [1.54, 1.807) is 0 Å². The third-order valence-electron chi connectivity index (χ3n) is 7.19. The highest BCUT2D eigenvalue weighted by Gasteiger charge is 2.30. The van der Waals surface area contributed by atoms with Crippen LogP contribution in [0.15, 0.2) is 69.9 Å². The zero-order chi connectivity index (χ0) is 28.4. The van der Waals surface area contributed by atoms with Crippen LogP contribution in [0.3, 0.4) is 0 Å². The Morgan fingerprint density at radius 3 is 2.33 bits per heavy atom. The number of aromatic hydroxyl groups is 1. The summed E-state index contributed by atoms with van der Waals surface area (Å²) in [6.45, 7) is 4.91. The smallest absolute Gasteiger partial charge is 0.416 e. The van der Waals surface area contributed by atoms with E-state index < -0.39 is 17.4 Å². The predicted octanol–water partition coefficient (Wildman–Crippen LogP) is 6.45. The Morgan fingerprint density at radius 1 is 1.02 bits per heavy atom. The molecular formula is C31H28F3NO5. The number of fused-ring (bicyclic) bond motifs is 1. The minimum Gasteiger partial charge on any atom is -0.507 e. The minimum absolute atomic E-state index is 0.0442. The van der Waals surface area contributed by atoms with Gasteiger partial charge in [-0.1, -0.05) is 24.3 Å². The topological polar surface area (TPSA) is 80.0 Å². The van der Waals surface area contributed by atoms with Crippen LogP contribution in [0.2, 0.25) is 0 Å². The summed E-state index contributed by atoms with van der Waals surface area (Å²) in [6.07, 6.45) is -1.89. The van der Waals surface area contributed by atoms with Gasteiger partial charge in [0, 0.05) is 18.0 Å². The fraction of sp³-hybridized carbons (Fsp3) is 0.290. The minimum atomic E-state index is -4.53. The van der Waals surface area contributed by atoms with E-state index in [2.05, 4.69) is 4.90 Å². The van der Waals surface area contributed by atoms with Crippen LogP contribution in [0.5, 0.6) is 11.5 Å². The van der Waals surface area contributed by atoms with Gasteiger partial charge in [0.15, 0.2) is 5.78 Å². The number of hydrogen-bond donors (Lipinski definition) is 1. The third kappa shape index (κ3) is 5.89. The first-order valence-corrected chi connectivity index (χ1v) is 13.1. The van der Waals surface area contributed by atoms with Gasteiger partial charge in [0.1, 0.15) is 23.7 Å². The van der Waals surface area contributed by atoms with Crippen molar-refractivity contribution >= 4 is 16.8 Å². The average molecular weight is 552 g/mol. The molecule has 0 bridgehead atoms. The predicted molar refractivity (Wildman–Crippen MR) is 145 cm³/mol. The highest BCUT2D eigenvalue weighted by atomic mass is 19.4. The molecule has 0 saturated carbocycles. The molecule has 5 rings (SSSR count). The van der Waals surface area contributed by atoms with Crippen molar-refractivity contribution in [3.8, 4) is 22.6 Å². The first-order chi connectivity index (χ1) is 19.1. The van der Waals surface area contributed by atoms with Crippen LogP contribution >= 0.6 is 0 Å². The number of ketones is 1. The lowest BCUT2D eigenvalue weighted by molar-refractivity contribution is -0.137. The van der Waals surface area contributed by atoms with E-state index >= 15 is 0 Å². The average Bonchev–Trinajstić information content (AvgIpc) is 3.42. The van der Waals surface area contributed by atoms with Gasteiger partial charge < -0.3 is 14.3 Å². The number of rotatable bonds is 8. The molecule has 4 aromatic rings. The fourth-order valence-electron chi connectivity index (χ4n) is 5.09. The maximum atomic E-state index is 13.2. The standard InChI is InChI=1S/C31H28F3NO5/c1-19(36)24-17-25-26(16-20-4-10-23(11-5-20)39-15-14-35-12-2-3-13-35)29(30(38)40-28(25)18-27(24)37)21-6-8-22(9-7-21)31(32,33)34/h4-11,17-18,37H,2-3,12-16H2,1H3. The summed E-state index contributed by atoms with van der Waals surface area (Å²) in [5, 5.41) is 10.7. The fourth-order valence-corrected chi connectivity index (χ4v) is 5.09. The lowest BCUT2D eigenvalue weighted by Gasteiger charge is -2.16. The van der Waals surface area contributed by atoms with E-state index in [0.29, 0.717) is 23.3 Å². The van der Waals surface area contributed by atoms with E-state index in [9.17, 15) is 27.9 Å². The molecule has 9 heteroatoms. The van der Waals surface area contributed by atoms with Crippen LogP contribution in [0.1, 0.15) is 46.8 Å². The highest BCUT2D eigenvalue weighted by Crippen LogP contribution is 2.35. The van der Waals surface area contributed by atoms with Gasteiger partial charge in [0.25, 0.3) is 0 Å². The molecule has 1 fully saturated rings. The molecule has 1 aliphatic rings. The Balaban J connectivity index is 1.53. The van der Waals surface area contributed by atoms with Gasteiger partial charge in [-0.25, -0.2) is 4.79 Å². The van der Waals surface area contributed by atoms with E-state index in [1.807, 2.05) is 24.3 Å². The van der Waals surface area contributed by atoms with Crippen molar-refractivity contribution in [1.29, 1.82) is 0 Å². The molecule has 6 nitrogen and oxygen atoms in total. The molecule has 1 aromatic heterocycles. The Hall–Kier alpha value is -4.11. The quantitative estimate of drug-likeness (QED) is 0.200. The molecule has 40 heavy (non-hydrogen) atoms. The van der Waals surface area contributed by atoms with Crippen molar-refractivity contribution in [3.05, 3.63) is 93.3 Å². The van der Waals surface area contributed by atoms with Crippen LogP contribution in [-0.4, -0.2) is 42.0 Å². The second-order valence-electron chi connectivity index (χ2n) is 9.96. The number of phenolic OH excluding ortho intramolecular Hbond substituents is 1. The molecule has 1 saturated heterocycles. The first kappa shape index (κ1) is 27.5. The molecule has 208 valence electrons. The summed E-state index contributed by atoms with van der Waals surface area (Å²) in [5.41, 5.74) is 0.125. The summed E-state index contributed by atoms with van der Waals surface area (Å²) in [6, 6.07) is 14.3. The number of alkyl halides is 3. The van der Waals surface area contributed by atoms with E-state index in [-0.39, 0.29) is 40.2 Å². The molecule has 0 atom stereocenters. The third-order valence-corrected chi connectivity index (χ3v) is 7.19. The number of ether oxygens (including phenoxy) is 1. The number of likely N-dealkylation sites (tertiary alicyclic amines) is 1. The van der Waals surface area contributed by atoms with Crippen LogP contribution in [0.4, 0.5) is 13.2 Å². The molecule has 3 aromatic carbocycles. The molecule has 0 aliphatic carbocycles. The van der Waals surface area contributed by atoms with E-state index in [4.69, 9.17) is 9.15 Å². The summed E-state index contributed by atoms with van der Waals surface area (Å²) in [5.74, 6) is -0.0120. The van der Waals surface area contributed by atoms with Gasteiger partial charge in [-0.3, -0.25) is 9.69 Å². The second kappa shape index (κ2) is 11.2. The van der Waals surface area contributed by atoms with Gasteiger partial charge in [-0.05, 0) is 86.3 Å². The molecule has 0 radical (unpaired) electrons. The summed E-state index contributed by atoms with van der Waals surface area (Å²) >= 11 is 0. The number of carbonyl (C=O) groups is 1. The Kier molecular flexibility index (Phi) is 7.67. The second-order valence-corrected chi connectivity index (χ2v) is 9.96. The van der Waals surface area contributed by atoms with E-state index in [1.165, 1.54) is 44.0 Å². The monoisotopic (exact) mass is 551 g/mol. The number of Topliss-reactive ketones (excluding diaryl/α,β-unsaturated/α-hetero) is 1. The Bertz CT molecular complexity index is 1590. The molecule has 0 unspecified atom stereocenters. The van der Waals surface area contributed by atoms with Gasteiger partial charge in [0.2, 0.25) is 0 Å². The van der Waals surface area contributed by atoms with Gasteiger partial charge >= 0.3 is 11.8 Å². The van der Waals surface area contributed by atoms with E-state index in [0.717, 1.165) is 37.3 Å². The summed E-state index contributed by atoms with van der Waals surface area (Å²) in [7, 11) is 0. The van der Waals surface area contributed by atoms with Crippen molar-refractivity contribution < 1.29 is 32.2 Å². The maximum Gasteiger partial charge on any atom is 0.416 e. The van der Waals surface area contributed by atoms with Crippen LogP contribution in [-0.2, 0) is 12.6 Å². The van der Waals surface area contributed by atoms with Crippen molar-refractivity contribution in [1.82, 2.24) is 4.90 Å². The van der Waals surface area contributed by atoms with Crippen LogP contribution in [0.25, 0.3) is 22.1 Å². The SMILES string of the molecule is CC(=O)c1cc2c(Cc3ccc(OCCN4CCCC4)cc3)c(-c3ccc(C(F)(F)F)cc3)c(=O)oc2cc1O. The van der Waals surface area contributed by atoms with Crippen molar-refractivity contribution in [3.63, 3.8) is 0 Å². The van der Waals surface area contributed by atoms with Gasteiger partial charge in [-0.15, -0.1) is 0 Å². The molecule has 0 amide bonds. The zero-order valence-electron chi connectivity index (χ0n) is 21.9. The number of phenols is 1. The first-order valence-electron chi connectivity index (χ1n) is 13.1. The number of nitrogens with zero attached hydrogens (tertiary/aromatic N) is 1. The lowest BCUT2D eigenvalue weighted by atomic mass is 9.92. The molecule has 1 aliphatic heterocycles. The number of benzene rings is 3. The van der Waals surface area contributed by atoms with Crippen LogP contribution in [0, 0.1) is 0 Å². The summed E-state index contributed by atoms with van der Waals surface area (Å²) in [4.78, 5) is 27.7. The highest BCUT2D eigenvalue weighted by molar-refractivity contribution is 6.02. The van der Waals surface area contributed by atoms with Gasteiger partial charge in [-0.2, -0.15) is 13.2 Å². The molecule has 0 spiro atoms. The summed E-state index contributed by atoms with van der Waals surface area (Å²) < 4.78 is 50.9. The Morgan fingerprint density at radius 2 is 1.70 bits per heavy atom. The van der Waals surface area contributed by atoms with Crippen LogP contribution < -0.4 is 10.4 Å². The van der Waals surface area contributed by atoms with Crippen molar-refractivity contribution in [2.75, 3.05) is 26.2 Å². The van der Waals surface area contributed by atoms with Crippen molar-refractivity contribution in [2.45, 2.75) is 32.4 Å². The molecule has 1 N–H and O–H groups in total. The van der Waals surface area contributed by atoms with Crippen molar-refractivity contribution in [2.24, 2.45) is 0 Å². The lowest BCUT2D eigenvalue weighted by Crippen LogP contribution is -2.25. The normalized spacial score (nSPS) is 14.1. The van der Waals surface area contributed by atoms with Gasteiger partial charge in [0.05, 0.1) is 16.7 Å².